The molecule has 8 heteroatoms. The molecule has 3 aromatic carbocycles. The number of carbonyl (C=O) groups excluding carboxylic acids is 1. The summed E-state index contributed by atoms with van der Waals surface area (Å²) in [5.41, 5.74) is 4.37. The van der Waals surface area contributed by atoms with Gasteiger partial charge in [0.1, 0.15) is 11.3 Å². The third-order valence-electron chi connectivity index (χ3n) is 4.55. The van der Waals surface area contributed by atoms with Crippen molar-refractivity contribution in [2.75, 3.05) is 12.4 Å². The predicted octanol–water partition coefficient (Wildman–Crippen LogP) is 5.70. The average Bonchev–Trinajstić information content (AvgIpc) is 3.17. The second-order valence-electron chi connectivity index (χ2n) is 6.83. The number of fused-ring (bicyclic) bond motifs is 1. The molecule has 0 bridgehead atoms. The van der Waals surface area contributed by atoms with Gasteiger partial charge in [-0.25, -0.2) is 4.98 Å². The molecule has 0 radical (unpaired) electrons. The van der Waals surface area contributed by atoms with Gasteiger partial charge in [0.2, 0.25) is 5.89 Å². The topological polar surface area (TPSA) is 76.4 Å². The molecule has 1 heterocycles. The van der Waals surface area contributed by atoms with Gasteiger partial charge in [0.15, 0.2) is 10.7 Å². The first-order valence-corrected chi connectivity index (χ1v) is 10.6. The van der Waals surface area contributed by atoms with Gasteiger partial charge in [0.05, 0.1) is 11.6 Å². The molecule has 0 saturated heterocycles. The number of ether oxygens (including phenoxy) is 1. The lowest BCUT2D eigenvalue weighted by atomic mass is 10.1. The number of benzene rings is 3. The van der Waals surface area contributed by atoms with Crippen molar-refractivity contribution in [3.63, 3.8) is 0 Å². The van der Waals surface area contributed by atoms with Crippen molar-refractivity contribution in [2.24, 2.45) is 0 Å². The Bertz CT molecular complexity index is 1300. The molecule has 0 fully saturated rings. The number of hydrogen-bond acceptors (Lipinski definition) is 5. The maximum Gasteiger partial charge on any atom is 0.257 e. The molecule has 1 amide bonds. The van der Waals surface area contributed by atoms with Crippen LogP contribution in [0.3, 0.4) is 0 Å². The van der Waals surface area contributed by atoms with E-state index < -0.39 is 0 Å². The van der Waals surface area contributed by atoms with E-state index >= 15 is 0 Å². The van der Waals surface area contributed by atoms with Crippen molar-refractivity contribution in [3.05, 3.63) is 76.3 Å². The normalized spacial score (nSPS) is 10.7. The highest BCUT2D eigenvalue weighted by atomic mass is 79.9. The molecule has 156 valence electrons. The van der Waals surface area contributed by atoms with Gasteiger partial charge in [-0.2, -0.15) is 0 Å². The summed E-state index contributed by atoms with van der Waals surface area (Å²) in [5.74, 6) is 0.953. The Morgan fingerprint density at radius 2 is 1.97 bits per heavy atom. The zero-order chi connectivity index (χ0) is 22.0. The van der Waals surface area contributed by atoms with E-state index in [9.17, 15) is 4.79 Å². The summed E-state index contributed by atoms with van der Waals surface area (Å²) in [6, 6.07) is 18.3. The van der Waals surface area contributed by atoms with Gasteiger partial charge in [-0.05, 0) is 83.6 Å². The fraction of sp³-hybridized carbons (Fsp3) is 0.0870. The summed E-state index contributed by atoms with van der Waals surface area (Å²) in [4.78, 5) is 16.9. The van der Waals surface area contributed by atoms with Gasteiger partial charge in [0, 0.05) is 16.8 Å². The summed E-state index contributed by atoms with van der Waals surface area (Å²) in [6.07, 6.45) is 0. The first-order valence-electron chi connectivity index (χ1n) is 9.36. The van der Waals surface area contributed by atoms with Gasteiger partial charge in [-0.1, -0.05) is 17.7 Å². The van der Waals surface area contributed by atoms with Crippen LogP contribution in [-0.4, -0.2) is 23.1 Å². The monoisotopic (exact) mass is 495 g/mol. The van der Waals surface area contributed by atoms with Crippen LogP contribution in [0.2, 0.25) is 0 Å². The minimum absolute atomic E-state index is 0.202. The van der Waals surface area contributed by atoms with Crippen LogP contribution in [0.25, 0.3) is 22.6 Å². The molecule has 0 aliphatic heterocycles. The zero-order valence-electron chi connectivity index (χ0n) is 16.7. The van der Waals surface area contributed by atoms with Crippen LogP contribution >= 0.6 is 28.1 Å². The maximum absolute atomic E-state index is 12.4. The number of rotatable bonds is 4. The van der Waals surface area contributed by atoms with E-state index in [0.29, 0.717) is 28.2 Å². The van der Waals surface area contributed by atoms with Crippen LogP contribution in [0.4, 0.5) is 5.69 Å². The molecule has 31 heavy (non-hydrogen) atoms. The smallest absolute Gasteiger partial charge is 0.257 e. The van der Waals surface area contributed by atoms with Crippen LogP contribution in [-0.2, 0) is 0 Å². The third kappa shape index (κ3) is 4.76. The number of nitrogens with one attached hydrogen (secondary N) is 2. The first-order chi connectivity index (χ1) is 14.9. The molecule has 0 unspecified atom stereocenters. The van der Waals surface area contributed by atoms with Crippen LogP contribution in [0, 0.1) is 6.92 Å². The fourth-order valence-electron chi connectivity index (χ4n) is 3.05. The minimum atomic E-state index is -0.268. The maximum atomic E-state index is 12.4. The first kappa shape index (κ1) is 21.0. The van der Waals surface area contributed by atoms with Gasteiger partial charge in [-0.3, -0.25) is 10.1 Å². The molecule has 0 aliphatic carbocycles. The Balaban J connectivity index is 1.49. The minimum Gasteiger partial charge on any atom is -0.496 e. The Morgan fingerprint density at radius 3 is 2.71 bits per heavy atom. The highest BCUT2D eigenvalue weighted by Gasteiger charge is 2.12. The second kappa shape index (κ2) is 8.87. The number of anilines is 1. The quantitative estimate of drug-likeness (QED) is 0.353. The number of aryl methyl sites for hydroxylation is 1. The molecule has 6 nitrogen and oxygen atoms in total. The second-order valence-corrected chi connectivity index (χ2v) is 8.09. The van der Waals surface area contributed by atoms with Crippen LogP contribution in [0.5, 0.6) is 5.75 Å². The Morgan fingerprint density at radius 1 is 1.13 bits per heavy atom. The van der Waals surface area contributed by atoms with Crippen molar-refractivity contribution >= 4 is 56.0 Å². The van der Waals surface area contributed by atoms with E-state index in [1.165, 1.54) is 0 Å². The lowest BCUT2D eigenvalue weighted by Crippen LogP contribution is -2.34. The van der Waals surface area contributed by atoms with E-state index in [0.717, 1.165) is 21.3 Å². The molecule has 4 rings (SSSR count). The summed E-state index contributed by atoms with van der Waals surface area (Å²) >= 11 is 8.76. The Labute approximate surface area is 192 Å². The molecule has 0 spiro atoms. The lowest BCUT2D eigenvalue weighted by molar-refractivity contribution is 0.0977. The molecular formula is C23H18BrN3O3S. The SMILES string of the molecule is COc1ccc(-c2nc3cc(NC(=S)NC(=O)c4cccc(C)c4)ccc3o2)cc1Br. The van der Waals surface area contributed by atoms with Crippen molar-refractivity contribution in [2.45, 2.75) is 6.92 Å². The standard InChI is InChI=1S/C23H18BrN3O3S/c1-13-4-3-5-14(10-13)21(28)27-23(31)25-16-7-9-20-18(12-16)26-22(30-20)15-6-8-19(29-2)17(24)11-15/h3-12H,1-2H3,(H2,25,27,28,31). The van der Waals surface area contributed by atoms with E-state index in [1.54, 1.807) is 25.3 Å². The highest BCUT2D eigenvalue weighted by Crippen LogP contribution is 2.32. The van der Waals surface area contributed by atoms with Crippen molar-refractivity contribution in [3.8, 4) is 17.2 Å². The molecular weight excluding hydrogens is 478 g/mol. The summed E-state index contributed by atoms with van der Waals surface area (Å²) < 4.78 is 11.9. The van der Waals surface area contributed by atoms with Crippen LogP contribution in [0.1, 0.15) is 15.9 Å². The lowest BCUT2D eigenvalue weighted by Gasteiger charge is -2.09. The number of amides is 1. The zero-order valence-corrected chi connectivity index (χ0v) is 19.1. The van der Waals surface area contributed by atoms with Crippen molar-refractivity contribution in [1.82, 2.24) is 10.3 Å². The number of nitrogens with zero attached hydrogens (tertiary/aromatic N) is 1. The van der Waals surface area contributed by atoms with Gasteiger partial charge < -0.3 is 14.5 Å². The number of thiocarbonyl (C=S) groups is 1. The van der Waals surface area contributed by atoms with Crippen LogP contribution < -0.4 is 15.4 Å². The van der Waals surface area contributed by atoms with Crippen LogP contribution in [0.15, 0.2) is 69.6 Å². The fourth-order valence-corrected chi connectivity index (χ4v) is 3.80. The van der Waals surface area contributed by atoms with E-state index in [4.69, 9.17) is 21.4 Å². The number of aromatic nitrogens is 1. The number of carbonyl (C=O) groups is 1. The number of methoxy groups -OCH3 is 1. The molecule has 4 aromatic rings. The molecule has 0 aliphatic rings. The predicted molar refractivity (Wildman–Crippen MR) is 129 cm³/mol. The Hall–Kier alpha value is -3.23. The summed E-state index contributed by atoms with van der Waals surface area (Å²) in [7, 11) is 1.61. The van der Waals surface area contributed by atoms with Gasteiger partial charge in [-0.15, -0.1) is 0 Å². The third-order valence-corrected chi connectivity index (χ3v) is 5.38. The highest BCUT2D eigenvalue weighted by molar-refractivity contribution is 9.10. The number of hydrogen-bond donors (Lipinski definition) is 2. The summed E-state index contributed by atoms with van der Waals surface area (Å²) in [6.45, 7) is 1.93. The van der Waals surface area contributed by atoms with E-state index in [1.807, 2.05) is 49.4 Å². The Kier molecular flexibility index (Phi) is 6.01. The molecule has 0 atom stereocenters. The average molecular weight is 496 g/mol. The van der Waals surface area contributed by atoms with Gasteiger partial charge in [0.25, 0.3) is 5.91 Å². The van der Waals surface area contributed by atoms with E-state index in [2.05, 4.69) is 31.5 Å². The molecule has 2 N–H and O–H groups in total. The summed E-state index contributed by atoms with van der Waals surface area (Å²) in [5, 5.41) is 5.91. The van der Waals surface area contributed by atoms with E-state index in [-0.39, 0.29) is 11.0 Å². The van der Waals surface area contributed by atoms with Crippen molar-refractivity contribution < 1.29 is 13.9 Å². The number of oxazole rings is 1. The molecule has 0 saturated carbocycles. The van der Waals surface area contributed by atoms with Crippen molar-refractivity contribution in [1.29, 1.82) is 0 Å². The molecule has 1 aromatic heterocycles. The largest absolute Gasteiger partial charge is 0.496 e. The van der Waals surface area contributed by atoms with Gasteiger partial charge >= 0.3 is 0 Å². The number of halogens is 1.